The molecular weight excluding hydrogens is 288 g/mol. The van der Waals surface area contributed by atoms with Crippen LogP contribution in [0, 0.1) is 5.92 Å². The second-order valence-electron chi connectivity index (χ2n) is 7.53. The Morgan fingerprint density at radius 3 is 2.62 bits per heavy atom. The van der Waals surface area contributed by atoms with Crippen molar-refractivity contribution < 1.29 is 0 Å². The van der Waals surface area contributed by atoms with Gasteiger partial charge in [0.2, 0.25) is 0 Å². The molecule has 1 atom stereocenters. The molecule has 0 heteroatoms. The molecule has 0 spiro atoms. The van der Waals surface area contributed by atoms with E-state index in [0.717, 1.165) is 12.8 Å². The molecule has 5 rings (SSSR count). The molecular formula is C24H24. The Hall–Kier alpha value is -2.08. The number of hydrogen-bond donors (Lipinski definition) is 0. The van der Waals surface area contributed by atoms with E-state index < -0.39 is 0 Å². The van der Waals surface area contributed by atoms with E-state index in [1.165, 1.54) is 48.8 Å². The number of benzene rings is 1. The van der Waals surface area contributed by atoms with Crippen molar-refractivity contribution in [1.29, 1.82) is 0 Å². The molecule has 1 aromatic carbocycles. The van der Waals surface area contributed by atoms with Crippen molar-refractivity contribution in [3.63, 3.8) is 0 Å². The van der Waals surface area contributed by atoms with Crippen molar-refractivity contribution in [2.24, 2.45) is 5.92 Å². The zero-order valence-corrected chi connectivity index (χ0v) is 14.2. The van der Waals surface area contributed by atoms with Gasteiger partial charge in [-0.2, -0.15) is 0 Å². The average molecular weight is 312 g/mol. The highest BCUT2D eigenvalue weighted by molar-refractivity contribution is 5.86. The van der Waals surface area contributed by atoms with Crippen molar-refractivity contribution >= 4 is 5.57 Å². The molecule has 24 heavy (non-hydrogen) atoms. The highest BCUT2D eigenvalue weighted by Crippen LogP contribution is 2.48. The van der Waals surface area contributed by atoms with Gasteiger partial charge >= 0.3 is 0 Å². The molecule has 1 unspecified atom stereocenters. The molecule has 1 saturated carbocycles. The van der Waals surface area contributed by atoms with Crippen LogP contribution in [0.3, 0.4) is 0 Å². The number of fused-ring (bicyclic) bond motifs is 2. The molecule has 4 aliphatic rings. The second kappa shape index (κ2) is 5.77. The molecule has 0 aliphatic heterocycles. The number of rotatable bonds is 1. The minimum atomic E-state index is 0.528. The fourth-order valence-corrected chi connectivity index (χ4v) is 5.01. The molecule has 1 fully saturated rings. The van der Waals surface area contributed by atoms with Crippen LogP contribution in [0.25, 0.3) is 5.57 Å². The third-order valence-electron chi connectivity index (χ3n) is 6.16. The lowest BCUT2D eigenvalue weighted by molar-refractivity contribution is 0.586. The lowest BCUT2D eigenvalue weighted by Crippen LogP contribution is -2.16. The van der Waals surface area contributed by atoms with Crippen LogP contribution in [0.5, 0.6) is 0 Å². The second-order valence-corrected chi connectivity index (χ2v) is 7.53. The molecule has 0 amide bonds. The van der Waals surface area contributed by atoms with E-state index in [0.29, 0.717) is 5.92 Å². The van der Waals surface area contributed by atoms with Crippen molar-refractivity contribution in [1.82, 2.24) is 0 Å². The van der Waals surface area contributed by atoms with E-state index in [1.807, 2.05) is 0 Å². The van der Waals surface area contributed by atoms with Gasteiger partial charge in [0, 0.05) is 5.92 Å². The van der Waals surface area contributed by atoms with Gasteiger partial charge in [-0.3, -0.25) is 0 Å². The first kappa shape index (κ1) is 14.3. The topological polar surface area (TPSA) is 0 Å². The molecule has 0 bridgehead atoms. The Bertz CT molecular complexity index is 831. The van der Waals surface area contributed by atoms with Crippen LogP contribution in [-0.4, -0.2) is 0 Å². The van der Waals surface area contributed by atoms with Crippen LogP contribution >= 0.6 is 0 Å². The van der Waals surface area contributed by atoms with Crippen molar-refractivity contribution in [2.75, 3.05) is 0 Å². The summed E-state index contributed by atoms with van der Waals surface area (Å²) < 4.78 is 0. The average Bonchev–Trinajstić information content (AvgIpc) is 3.29. The van der Waals surface area contributed by atoms with E-state index in [-0.39, 0.29) is 0 Å². The highest BCUT2D eigenvalue weighted by atomic mass is 14.4. The fraction of sp³-hybridized carbons (Fsp3) is 0.333. The van der Waals surface area contributed by atoms with Gasteiger partial charge in [0.05, 0.1) is 0 Å². The smallest absolute Gasteiger partial charge is 0.0276 e. The maximum Gasteiger partial charge on any atom is 0.0276 e. The summed E-state index contributed by atoms with van der Waals surface area (Å²) in [6, 6.07) is 8.99. The standard InChI is InChI=1S/C24H24/c1-2-8-17(9-3-1)21-14-15-22-20-13-7-6-12-19(20)16-23(22)24(21)18-10-4-5-11-18/h4-7,10,12-15,24H,1-3,8-9,11,16H2. The van der Waals surface area contributed by atoms with Crippen LogP contribution < -0.4 is 0 Å². The maximum atomic E-state index is 2.46. The predicted octanol–water partition coefficient (Wildman–Crippen LogP) is 6.33. The van der Waals surface area contributed by atoms with Crippen molar-refractivity contribution in [2.45, 2.75) is 44.9 Å². The van der Waals surface area contributed by atoms with E-state index in [4.69, 9.17) is 0 Å². The van der Waals surface area contributed by atoms with E-state index in [2.05, 4.69) is 54.6 Å². The Balaban J connectivity index is 1.63. The zero-order valence-electron chi connectivity index (χ0n) is 14.2. The molecule has 4 aliphatic carbocycles. The molecule has 0 aromatic heterocycles. The Labute approximate surface area is 145 Å². The van der Waals surface area contributed by atoms with Gasteiger partial charge in [-0.05, 0) is 66.4 Å². The summed E-state index contributed by atoms with van der Waals surface area (Å²) in [6.07, 6.45) is 20.9. The summed E-state index contributed by atoms with van der Waals surface area (Å²) in [5, 5.41) is 0. The lowest BCUT2D eigenvalue weighted by Gasteiger charge is -2.30. The summed E-state index contributed by atoms with van der Waals surface area (Å²) in [5.74, 6) is 0.528. The van der Waals surface area contributed by atoms with E-state index >= 15 is 0 Å². The first-order valence-corrected chi connectivity index (χ1v) is 9.49. The summed E-state index contributed by atoms with van der Waals surface area (Å²) >= 11 is 0. The quantitative estimate of drug-likeness (QED) is 0.568. The van der Waals surface area contributed by atoms with Crippen molar-refractivity contribution in [3.8, 4) is 0 Å². The summed E-state index contributed by atoms with van der Waals surface area (Å²) in [7, 11) is 0. The summed E-state index contributed by atoms with van der Waals surface area (Å²) in [5.41, 5.74) is 11.1. The van der Waals surface area contributed by atoms with Crippen LogP contribution in [0.15, 0.2) is 76.9 Å². The monoisotopic (exact) mass is 312 g/mol. The first-order valence-electron chi connectivity index (χ1n) is 9.49. The Morgan fingerprint density at radius 1 is 0.917 bits per heavy atom. The number of allylic oxidation sites excluding steroid dienone is 10. The molecule has 0 heterocycles. The number of hydrogen-bond acceptors (Lipinski definition) is 0. The van der Waals surface area contributed by atoms with E-state index in [9.17, 15) is 0 Å². The van der Waals surface area contributed by atoms with Crippen LogP contribution in [0.1, 0.15) is 49.7 Å². The normalized spacial score (nSPS) is 25.2. The molecule has 0 radical (unpaired) electrons. The van der Waals surface area contributed by atoms with E-state index in [1.54, 1.807) is 22.3 Å². The minimum Gasteiger partial charge on any atom is -0.0804 e. The largest absolute Gasteiger partial charge is 0.0804 e. The van der Waals surface area contributed by atoms with Gasteiger partial charge in [-0.1, -0.05) is 72.2 Å². The van der Waals surface area contributed by atoms with Gasteiger partial charge in [-0.25, -0.2) is 0 Å². The van der Waals surface area contributed by atoms with Gasteiger partial charge in [0.15, 0.2) is 0 Å². The SMILES string of the molecule is C1=CCC(C2C(=C3CCCCC3)C=CC3=C2Cc2ccccc23)=C1. The molecule has 0 saturated heterocycles. The van der Waals surface area contributed by atoms with Crippen molar-refractivity contribution in [3.05, 3.63) is 88.1 Å². The summed E-state index contributed by atoms with van der Waals surface area (Å²) in [6.45, 7) is 0. The predicted molar refractivity (Wildman–Crippen MR) is 102 cm³/mol. The Morgan fingerprint density at radius 2 is 1.79 bits per heavy atom. The van der Waals surface area contributed by atoms with Gasteiger partial charge in [0.1, 0.15) is 0 Å². The lowest BCUT2D eigenvalue weighted by atomic mass is 9.74. The third kappa shape index (κ3) is 2.20. The third-order valence-corrected chi connectivity index (χ3v) is 6.16. The summed E-state index contributed by atoms with van der Waals surface area (Å²) in [4.78, 5) is 0. The van der Waals surface area contributed by atoms with Gasteiger partial charge in [-0.15, -0.1) is 0 Å². The van der Waals surface area contributed by atoms with Gasteiger partial charge < -0.3 is 0 Å². The van der Waals surface area contributed by atoms with Crippen LogP contribution in [0.2, 0.25) is 0 Å². The molecule has 120 valence electrons. The van der Waals surface area contributed by atoms with Crippen LogP contribution in [-0.2, 0) is 6.42 Å². The zero-order chi connectivity index (χ0) is 15.9. The highest BCUT2D eigenvalue weighted by Gasteiger charge is 2.33. The molecule has 0 nitrogen and oxygen atoms in total. The molecule has 0 N–H and O–H groups in total. The first-order chi connectivity index (χ1) is 11.9. The van der Waals surface area contributed by atoms with Crippen LogP contribution in [0.4, 0.5) is 0 Å². The fourth-order valence-electron chi connectivity index (χ4n) is 5.01. The Kier molecular flexibility index (Phi) is 3.43. The molecule has 1 aromatic rings. The minimum absolute atomic E-state index is 0.528. The maximum absolute atomic E-state index is 2.46. The van der Waals surface area contributed by atoms with Gasteiger partial charge in [0.25, 0.3) is 0 Å².